The molecule has 0 saturated carbocycles. The second kappa shape index (κ2) is 4.68. The number of anilines is 1. The van der Waals surface area contributed by atoms with E-state index in [-0.39, 0.29) is 0 Å². The number of halogens is 1. The smallest absolute Gasteiger partial charge is 0.137 e. The highest BCUT2D eigenvalue weighted by molar-refractivity contribution is 6.32. The topological polar surface area (TPSA) is 35.2 Å². The van der Waals surface area contributed by atoms with Crippen molar-refractivity contribution in [3.8, 4) is 16.9 Å². The summed E-state index contributed by atoms with van der Waals surface area (Å²) < 4.78 is 5.13. The van der Waals surface area contributed by atoms with Crippen LogP contribution in [0.15, 0.2) is 36.4 Å². The number of ether oxygens (including phenoxy) is 1. The van der Waals surface area contributed by atoms with Gasteiger partial charge in [-0.3, -0.25) is 0 Å². The third-order valence-electron chi connectivity index (χ3n) is 2.67. The van der Waals surface area contributed by atoms with Crippen molar-refractivity contribution < 1.29 is 4.74 Å². The molecule has 0 spiro atoms. The van der Waals surface area contributed by atoms with Crippen LogP contribution in [0.5, 0.6) is 5.75 Å². The molecule has 2 aromatic rings. The lowest BCUT2D eigenvalue weighted by Gasteiger charge is -2.09. The lowest BCUT2D eigenvalue weighted by molar-refractivity contribution is 0.415. The predicted octanol–water partition coefficient (Wildman–Crippen LogP) is 3.91. The van der Waals surface area contributed by atoms with Crippen molar-refractivity contribution in [1.29, 1.82) is 0 Å². The van der Waals surface area contributed by atoms with E-state index < -0.39 is 0 Å². The van der Waals surface area contributed by atoms with Gasteiger partial charge in [-0.15, -0.1) is 0 Å². The molecule has 0 amide bonds. The van der Waals surface area contributed by atoms with Gasteiger partial charge in [0.2, 0.25) is 0 Å². The fourth-order valence-corrected chi connectivity index (χ4v) is 2.01. The summed E-state index contributed by atoms with van der Waals surface area (Å²) in [5, 5.41) is 0.589. The first kappa shape index (κ1) is 11.8. The Labute approximate surface area is 106 Å². The Bertz CT molecular complexity index is 552. The van der Waals surface area contributed by atoms with Gasteiger partial charge in [-0.2, -0.15) is 0 Å². The van der Waals surface area contributed by atoms with E-state index in [1.165, 1.54) is 5.56 Å². The monoisotopic (exact) mass is 247 g/mol. The van der Waals surface area contributed by atoms with E-state index in [1.54, 1.807) is 7.11 Å². The Hall–Kier alpha value is -1.67. The van der Waals surface area contributed by atoms with Crippen LogP contribution < -0.4 is 10.5 Å². The minimum Gasteiger partial charge on any atom is -0.495 e. The molecule has 0 unspecified atom stereocenters. The fourth-order valence-electron chi connectivity index (χ4n) is 1.75. The molecule has 0 aromatic heterocycles. The van der Waals surface area contributed by atoms with E-state index in [0.717, 1.165) is 16.8 Å². The molecule has 2 nitrogen and oxygen atoms in total. The van der Waals surface area contributed by atoms with Crippen molar-refractivity contribution in [2.45, 2.75) is 6.92 Å². The predicted molar refractivity (Wildman–Crippen MR) is 72.6 cm³/mol. The molecule has 0 aliphatic heterocycles. The van der Waals surface area contributed by atoms with Crippen molar-refractivity contribution in [1.82, 2.24) is 0 Å². The van der Waals surface area contributed by atoms with Gasteiger partial charge in [-0.05, 0) is 36.8 Å². The van der Waals surface area contributed by atoms with E-state index in [1.807, 2.05) is 43.3 Å². The summed E-state index contributed by atoms with van der Waals surface area (Å²) in [6.07, 6.45) is 0. The summed E-state index contributed by atoms with van der Waals surface area (Å²) in [4.78, 5) is 0. The van der Waals surface area contributed by atoms with E-state index in [2.05, 4.69) is 0 Å². The van der Waals surface area contributed by atoms with Gasteiger partial charge in [0, 0.05) is 11.3 Å². The third-order valence-corrected chi connectivity index (χ3v) is 2.97. The highest BCUT2D eigenvalue weighted by atomic mass is 35.5. The van der Waals surface area contributed by atoms with Crippen LogP contribution in [0.4, 0.5) is 5.69 Å². The van der Waals surface area contributed by atoms with Crippen molar-refractivity contribution in [3.05, 3.63) is 47.0 Å². The van der Waals surface area contributed by atoms with Crippen LogP contribution in [-0.2, 0) is 0 Å². The van der Waals surface area contributed by atoms with Crippen molar-refractivity contribution >= 4 is 17.3 Å². The highest BCUT2D eigenvalue weighted by Crippen LogP contribution is 2.33. The standard InChI is InChI=1S/C14H14ClNO/c1-9-3-5-13(16)11(7-9)10-4-6-14(17-2)12(15)8-10/h3-8H,16H2,1-2H3. The zero-order valence-corrected chi connectivity index (χ0v) is 10.6. The minimum absolute atomic E-state index is 0.589. The molecule has 0 aliphatic carbocycles. The van der Waals surface area contributed by atoms with E-state index in [4.69, 9.17) is 22.1 Å². The first-order chi connectivity index (χ1) is 8.11. The first-order valence-corrected chi connectivity index (χ1v) is 5.69. The van der Waals surface area contributed by atoms with Crippen LogP contribution in [0.3, 0.4) is 0 Å². The Morgan fingerprint density at radius 3 is 2.53 bits per heavy atom. The van der Waals surface area contributed by atoms with E-state index in [0.29, 0.717) is 10.8 Å². The fraction of sp³-hybridized carbons (Fsp3) is 0.143. The number of hydrogen-bond donors (Lipinski definition) is 1. The van der Waals surface area contributed by atoms with Gasteiger partial charge >= 0.3 is 0 Å². The molecule has 2 aromatic carbocycles. The maximum absolute atomic E-state index is 6.11. The Morgan fingerprint density at radius 2 is 1.88 bits per heavy atom. The highest BCUT2D eigenvalue weighted by Gasteiger charge is 2.06. The SMILES string of the molecule is COc1ccc(-c2cc(C)ccc2N)cc1Cl. The second-order valence-electron chi connectivity index (χ2n) is 3.94. The summed E-state index contributed by atoms with van der Waals surface area (Å²) in [6.45, 7) is 2.04. The van der Waals surface area contributed by atoms with Crippen LogP contribution in [-0.4, -0.2) is 7.11 Å². The maximum atomic E-state index is 6.11. The maximum Gasteiger partial charge on any atom is 0.137 e. The quantitative estimate of drug-likeness (QED) is 0.817. The molecule has 88 valence electrons. The lowest BCUT2D eigenvalue weighted by atomic mass is 10.0. The zero-order valence-electron chi connectivity index (χ0n) is 9.83. The zero-order chi connectivity index (χ0) is 12.4. The Kier molecular flexibility index (Phi) is 3.25. The average Bonchev–Trinajstić information content (AvgIpc) is 2.32. The van der Waals surface area contributed by atoms with Gasteiger partial charge < -0.3 is 10.5 Å². The molecule has 2 rings (SSSR count). The minimum atomic E-state index is 0.589. The molecule has 0 heterocycles. The number of rotatable bonds is 2. The Morgan fingerprint density at radius 1 is 1.12 bits per heavy atom. The number of nitrogens with two attached hydrogens (primary N) is 1. The van der Waals surface area contributed by atoms with Crippen LogP contribution in [0, 0.1) is 6.92 Å². The van der Waals surface area contributed by atoms with Crippen molar-refractivity contribution in [2.75, 3.05) is 12.8 Å². The molecule has 3 heteroatoms. The summed E-state index contributed by atoms with van der Waals surface area (Å²) in [6, 6.07) is 11.6. The number of nitrogen functional groups attached to an aromatic ring is 1. The molecule has 2 N–H and O–H groups in total. The number of benzene rings is 2. The third kappa shape index (κ3) is 2.37. The average molecular weight is 248 g/mol. The molecule has 0 fully saturated rings. The summed E-state index contributed by atoms with van der Waals surface area (Å²) >= 11 is 6.11. The summed E-state index contributed by atoms with van der Waals surface area (Å²) in [5.41, 5.74) is 9.87. The molecule has 0 radical (unpaired) electrons. The largest absolute Gasteiger partial charge is 0.495 e. The lowest BCUT2D eigenvalue weighted by Crippen LogP contribution is -1.91. The normalized spacial score (nSPS) is 10.3. The van der Waals surface area contributed by atoms with Crippen LogP contribution in [0.1, 0.15) is 5.56 Å². The summed E-state index contributed by atoms with van der Waals surface area (Å²) in [7, 11) is 1.60. The molecule has 0 bridgehead atoms. The van der Waals surface area contributed by atoms with Gasteiger partial charge in [0.25, 0.3) is 0 Å². The molecule has 0 aliphatic rings. The number of hydrogen-bond acceptors (Lipinski definition) is 2. The Balaban J connectivity index is 2.53. The first-order valence-electron chi connectivity index (χ1n) is 5.32. The van der Waals surface area contributed by atoms with Crippen LogP contribution >= 0.6 is 11.6 Å². The molecule has 17 heavy (non-hydrogen) atoms. The molecular weight excluding hydrogens is 234 g/mol. The van der Waals surface area contributed by atoms with Gasteiger partial charge in [-0.25, -0.2) is 0 Å². The van der Waals surface area contributed by atoms with E-state index in [9.17, 15) is 0 Å². The van der Waals surface area contributed by atoms with Crippen molar-refractivity contribution in [2.24, 2.45) is 0 Å². The molecule has 0 saturated heterocycles. The number of aryl methyl sites for hydroxylation is 1. The van der Waals surface area contributed by atoms with E-state index >= 15 is 0 Å². The van der Waals surface area contributed by atoms with Gasteiger partial charge in [0.05, 0.1) is 12.1 Å². The molecule has 0 atom stereocenters. The molecular formula is C14H14ClNO. The summed E-state index contributed by atoms with van der Waals surface area (Å²) in [5.74, 6) is 0.668. The van der Waals surface area contributed by atoms with Gasteiger partial charge in [0.1, 0.15) is 5.75 Å². The van der Waals surface area contributed by atoms with Crippen LogP contribution in [0.25, 0.3) is 11.1 Å². The second-order valence-corrected chi connectivity index (χ2v) is 4.35. The number of methoxy groups -OCH3 is 1. The van der Waals surface area contributed by atoms with Gasteiger partial charge in [0.15, 0.2) is 0 Å². The van der Waals surface area contributed by atoms with Gasteiger partial charge in [-0.1, -0.05) is 29.3 Å². The van der Waals surface area contributed by atoms with Crippen molar-refractivity contribution in [3.63, 3.8) is 0 Å². The van der Waals surface area contributed by atoms with Crippen LogP contribution in [0.2, 0.25) is 5.02 Å².